The maximum atomic E-state index is 11.8. The Kier molecular flexibility index (Phi) is 4.14. The highest BCUT2D eigenvalue weighted by atomic mass is 16.5. The van der Waals surface area contributed by atoms with Crippen molar-refractivity contribution in [3.63, 3.8) is 0 Å². The fourth-order valence-electron chi connectivity index (χ4n) is 2.89. The number of nitrogens with zero attached hydrogens (tertiary/aromatic N) is 2. The fraction of sp³-hybridized carbons (Fsp3) is 0.167. The van der Waals surface area contributed by atoms with Gasteiger partial charge in [-0.1, -0.05) is 19.1 Å². The summed E-state index contributed by atoms with van der Waals surface area (Å²) in [6, 6.07) is 8.70. The van der Waals surface area contributed by atoms with E-state index in [9.17, 15) is 9.90 Å². The number of nitrogen functional groups attached to an aromatic ring is 2. The first-order chi connectivity index (χ1) is 12.0. The van der Waals surface area contributed by atoms with E-state index < -0.39 is 5.97 Å². The molecule has 0 bridgehead atoms. The van der Waals surface area contributed by atoms with Crippen LogP contribution in [0.2, 0.25) is 0 Å². The molecule has 0 saturated heterocycles. The summed E-state index contributed by atoms with van der Waals surface area (Å²) in [5.41, 5.74) is 14.4. The summed E-state index contributed by atoms with van der Waals surface area (Å²) in [5.74, 6) is -0.352. The molecule has 1 heterocycles. The second kappa shape index (κ2) is 6.27. The minimum atomic E-state index is -1.07. The number of methoxy groups -OCH3 is 1. The highest BCUT2D eigenvalue weighted by Crippen LogP contribution is 2.40. The Hall–Kier alpha value is -3.35. The van der Waals surface area contributed by atoms with Gasteiger partial charge in [-0.05, 0) is 30.2 Å². The standard InChI is InChI=1S/C18H18N4O3/c1-3-9-4-5-10(13(8-9)25-2)14-11(17(23)24)6-7-12-15(14)16(19)22-18(20)21-12/h4-8H,3H2,1-2H3,(H,23,24)(H4,19,20,21,22). The van der Waals surface area contributed by atoms with Crippen LogP contribution in [0.5, 0.6) is 5.75 Å². The van der Waals surface area contributed by atoms with Crippen molar-refractivity contribution in [2.24, 2.45) is 0 Å². The quantitative estimate of drug-likeness (QED) is 0.668. The summed E-state index contributed by atoms with van der Waals surface area (Å²) in [6.45, 7) is 2.03. The summed E-state index contributed by atoms with van der Waals surface area (Å²) in [4.78, 5) is 19.9. The van der Waals surface area contributed by atoms with Gasteiger partial charge in [0, 0.05) is 11.1 Å². The van der Waals surface area contributed by atoms with Crippen molar-refractivity contribution >= 4 is 28.6 Å². The van der Waals surface area contributed by atoms with Gasteiger partial charge in [-0.25, -0.2) is 9.78 Å². The van der Waals surface area contributed by atoms with E-state index in [-0.39, 0.29) is 17.3 Å². The van der Waals surface area contributed by atoms with E-state index in [1.807, 2.05) is 25.1 Å². The van der Waals surface area contributed by atoms with Gasteiger partial charge >= 0.3 is 5.97 Å². The summed E-state index contributed by atoms with van der Waals surface area (Å²) < 4.78 is 5.49. The molecule has 128 valence electrons. The molecule has 0 unspecified atom stereocenters. The van der Waals surface area contributed by atoms with E-state index in [1.54, 1.807) is 13.2 Å². The second-order valence-electron chi connectivity index (χ2n) is 5.54. The molecule has 1 aromatic heterocycles. The highest BCUT2D eigenvalue weighted by molar-refractivity contribution is 6.11. The zero-order valence-corrected chi connectivity index (χ0v) is 13.9. The Balaban J connectivity index is 2.45. The molecule has 0 saturated carbocycles. The lowest BCUT2D eigenvalue weighted by atomic mass is 9.93. The van der Waals surface area contributed by atoms with Crippen LogP contribution in [0.1, 0.15) is 22.8 Å². The lowest BCUT2D eigenvalue weighted by Crippen LogP contribution is -2.06. The molecule has 25 heavy (non-hydrogen) atoms. The number of carbonyl (C=O) groups is 1. The number of hydrogen-bond donors (Lipinski definition) is 3. The van der Waals surface area contributed by atoms with Crippen LogP contribution in [0.3, 0.4) is 0 Å². The molecule has 7 nitrogen and oxygen atoms in total. The number of aromatic carboxylic acids is 1. The first-order valence-corrected chi connectivity index (χ1v) is 7.72. The Morgan fingerprint density at radius 3 is 2.60 bits per heavy atom. The Morgan fingerprint density at radius 2 is 1.96 bits per heavy atom. The molecule has 0 amide bonds. The van der Waals surface area contributed by atoms with Gasteiger partial charge in [0.05, 0.1) is 23.6 Å². The third-order valence-electron chi connectivity index (χ3n) is 4.08. The number of ether oxygens (including phenoxy) is 1. The molecule has 3 aromatic rings. The zero-order valence-electron chi connectivity index (χ0n) is 13.9. The first kappa shape index (κ1) is 16.5. The minimum Gasteiger partial charge on any atom is -0.496 e. The van der Waals surface area contributed by atoms with E-state index >= 15 is 0 Å². The number of benzene rings is 2. The smallest absolute Gasteiger partial charge is 0.336 e. The largest absolute Gasteiger partial charge is 0.496 e. The molecule has 5 N–H and O–H groups in total. The number of carboxylic acid groups (broad SMARTS) is 1. The van der Waals surface area contributed by atoms with Crippen LogP contribution in [0.15, 0.2) is 30.3 Å². The normalized spacial score (nSPS) is 10.8. The lowest BCUT2D eigenvalue weighted by molar-refractivity contribution is 0.0698. The van der Waals surface area contributed by atoms with Crippen molar-refractivity contribution in [1.82, 2.24) is 9.97 Å². The SMILES string of the molecule is CCc1ccc(-c2c(C(=O)O)ccc3nc(N)nc(N)c23)c(OC)c1. The molecule has 7 heteroatoms. The van der Waals surface area contributed by atoms with E-state index in [1.165, 1.54) is 6.07 Å². The van der Waals surface area contributed by atoms with Crippen LogP contribution in [-0.4, -0.2) is 28.2 Å². The van der Waals surface area contributed by atoms with Crippen LogP contribution in [-0.2, 0) is 6.42 Å². The number of aryl methyl sites for hydroxylation is 1. The summed E-state index contributed by atoms with van der Waals surface area (Å²) in [6.07, 6.45) is 0.833. The van der Waals surface area contributed by atoms with Gasteiger partial charge in [0.15, 0.2) is 0 Å². The number of nitrogens with two attached hydrogens (primary N) is 2. The average molecular weight is 338 g/mol. The van der Waals surface area contributed by atoms with Gasteiger partial charge in [0.2, 0.25) is 5.95 Å². The van der Waals surface area contributed by atoms with Gasteiger partial charge in [-0.3, -0.25) is 0 Å². The van der Waals surface area contributed by atoms with Crippen LogP contribution >= 0.6 is 0 Å². The number of anilines is 2. The maximum absolute atomic E-state index is 11.8. The van der Waals surface area contributed by atoms with Gasteiger partial charge in [-0.15, -0.1) is 0 Å². The van der Waals surface area contributed by atoms with Crippen molar-refractivity contribution in [1.29, 1.82) is 0 Å². The number of fused-ring (bicyclic) bond motifs is 1. The monoisotopic (exact) mass is 338 g/mol. The Morgan fingerprint density at radius 1 is 1.20 bits per heavy atom. The van der Waals surface area contributed by atoms with Gasteiger partial charge in [-0.2, -0.15) is 4.98 Å². The molecule has 2 aromatic carbocycles. The van der Waals surface area contributed by atoms with Crippen molar-refractivity contribution in [3.8, 4) is 16.9 Å². The van der Waals surface area contributed by atoms with E-state index in [4.69, 9.17) is 16.2 Å². The van der Waals surface area contributed by atoms with Crippen molar-refractivity contribution < 1.29 is 14.6 Å². The van der Waals surface area contributed by atoms with Crippen LogP contribution in [0.25, 0.3) is 22.0 Å². The van der Waals surface area contributed by atoms with E-state index in [0.717, 1.165) is 12.0 Å². The van der Waals surface area contributed by atoms with E-state index in [2.05, 4.69) is 9.97 Å². The molecule has 0 radical (unpaired) electrons. The number of rotatable bonds is 4. The molecular weight excluding hydrogens is 320 g/mol. The number of carboxylic acids is 1. The molecule has 0 aliphatic rings. The Labute approximate surface area is 144 Å². The van der Waals surface area contributed by atoms with Gasteiger partial charge < -0.3 is 21.3 Å². The third kappa shape index (κ3) is 2.80. The zero-order chi connectivity index (χ0) is 18.1. The van der Waals surface area contributed by atoms with Crippen LogP contribution in [0.4, 0.5) is 11.8 Å². The number of hydrogen-bond acceptors (Lipinski definition) is 6. The predicted octanol–water partition coefficient (Wildman–Crippen LogP) is 2.73. The maximum Gasteiger partial charge on any atom is 0.336 e. The molecule has 0 atom stereocenters. The highest BCUT2D eigenvalue weighted by Gasteiger charge is 2.21. The van der Waals surface area contributed by atoms with Crippen LogP contribution in [0, 0.1) is 0 Å². The predicted molar refractivity (Wildman–Crippen MR) is 96.7 cm³/mol. The molecule has 0 aliphatic carbocycles. The lowest BCUT2D eigenvalue weighted by Gasteiger charge is -2.16. The minimum absolute atomic E-state index is 0.0346. The average Bonchev–Trinajstić information content (AvgIpc) is 2.59. The second-order valence-corrected chi connectivity index (χ2v) is 5.54. The molecule has 0 aliphatic heterocycles. The van der Waals surface area contributed by atoms with Crippen LogP contribution < -0.4 is 16.2 Å². The topological polar surface area (TPSA) is 124 Å². The number of aromatic nitrogens is 2. The Bertz CT molecular complexity index is 986. The fourth-order valence-corrected chi connectivity index (χ4v) is 2.89. The van der Waals surface area contributed by atoms with Crippen molar-refractivity contribution in [2.45, 2.75) is 13.3 Å². The molecule has 3 rings (SSSR count). The van der Waals surface area contributed by atoms with Gasteiger partial charge in [0.1, 0.15) is 11.6 Å². The first-order valence-electron chi connectivity index (χ1n) is 7.72. The summed E-state index contributed by atoms with van der Waals surface area (Å²) in [7, 11) is 1.54. The van der Waals surface area contributed by atoms with Gasteiger partial charge in [0.25, 0.3) is 0 Å². The molecule has 0 spiro atoms. The van der Waals surface area contributed by atoms with E-state index in [0.29, 0.717) is 27.8 Å². The molecular formula is C18H18N4O3. The van der Waals surface area contributed by atoms with Crippen molar-refractivity contribution in [3.05, 3.63) is 41.5 Å². The summed E-state index contributed by atoms with van der Waals surface area (Å²) in [5, 5.41) is 10.1. The molecule has 0 fully saturated rings. The summed E-state index contributed by atoms with van der Waals surface area (Å²) >= 11 is 0. The van der Waals surface area contributed by atoms with Crippen molar-refractivity contribution in [2.75, 3.05) is 18.6 Å². The third-order valence-corrected chi connectivity index (χ3v) is 4.08.